The molecule has 2 saturated heterocycles. The maximum atomic E-state index is 12.4. The molecule has 6 nitrogen and oxygen atoms in total. The molecule has 2 aliphatic rings. The van der Waals surface area contributed by atoms with Crippen LogP contribution in [-0.2, 0) is 11.3 Å². The van der Waals surface area contributed by atoms with Gasteiger partial charge in [-0.2, -0.15) is 0 Å². The van der Waals surface area contributed by atoms with Gasteiger partial charge in [0.1, 0.15) is 12.1 Å². The van der Waals surface area contributed by atoms with Crippen LogP contribution in [0.2, 0.25) is 0 Å². The Kier molecular flexibility index (Phi) is 3.54. The molecule has 2 fully saturated rings. The Morgan fingerprint density at radius 3 is 3.09 bits per heavy atom. The van der Waals surface area contributed by atoms with Crippen molar-refractivity contribution in [2.24, 2.45) is 0 Å². The van der Waals surface area contributed by atoms with Crippen LogP contribution < -0.4 is 5.32 Å². The van der Waals surface area contributed by atoms with Crippen LogP contribution >= 0.6 is 0 Å². The second-order valence-corrected chi connectivity index (χ2v) is 6.30. The lowest BCUT2D eigenvalue weighted by Crippen LogP contribution is -2.47. The third-order valence-electron chi connectivity index (χ3n) is 4.92. The van der Waals surface area contributed by atoms with Crippen LogP contribution in [0, 0.1) is 0 Å². The normalized spacial score (nSPS) is 25.3. The molecular formula is C16H21N5O. The molecule has 0 radical (unpaired) electrons. The maximum Gasteiger partial charge on any atom is 0.242 e. The van der Waals surface area contributed by atoms with Crippen LogP contribution in [0.1, 0.15) is 25.7 Å². The Balaban J connectivity index is 1.42. The molecule has 1 N–H and O–H groups in total. The molecular weight excluding hydrogens is 278 g/mol. The molecule has 3 heterocycles. The number of hydrogen-bond acceptors (Lipinski definition) is 4. The van der Waals surface area contributed by atoms with E-state index < -0.39 is 0 Å². The van der Waals surface area contributed by atoms with Gasteiger partial charge in [0.2, 0.25) is 5.91 Å². The second kappa shape index (κ2) is 5.68. The van der Waals surface area contributed by atoms with E-state index in [1.54, 1.807) is 4.68 Å². The first-order chi connectivity index (χ1) is 10.8. The molecule has 0 unspecified atom stereocenters. The Hall–Kier alpha value is -1.95. The number of amides is 1. The van der Waals surface area contributed by atoms with Gasteiger partial charge in [0, 0.05) is 18.6 Å². The maximum absolute atomic E-state index is 12.4. The number of nitrogens with one attached hydrogen (secondary N) is 1. The van der Waals surface area contributed by atoms with Gasteiger partial charge in [-0.25, -0.2) is 4.68 Å². The standard InChI is InChI=1S/C16H21N5O/c22-16(11-21-15-7-2-1-5-13(15)18-19-21)17-12-8-10-20-9-4-3-6-14(12)20/h1-2,5,7,12,14H,3-4,6,8-11H2,(H,17,22)/t12-,14-/m1/s1. The highest BCUT2D eigenvalue weighted by molar-refractivity contribution is 5.79. The molecule has 2 aliphatic heterocycles. The first-order valence-electron chi connectivity index (χ1n) is 8.13. The van der Waals surface area contributed by atoms with Gasteiger partial charge in [-0.05, 0) is 37.9 Å². The van der Waals surface area contributed by atoms with Crippen molar-refractivity contribution >= 4 is 16.9 Å². The van der Waals surface area contributed by atoms with Crippen LogP contribution in [0.15, 0.2) is 24.3 Å². The van der Waals surface area contributed by atoms with E-state index in [-0.39, 0.29) is 12.5 Å². The summed E-state index contributed by atoms with van der Waals surface area (Å²) >= 11 is 0. The zero-order chi connectivity index (χ0) is 14.9. The molecule has 4 rings (SSSR count). The Morgan fingerprint density at radius 2 is 2.14 bits per heavy atom. The molecule has 116 valence electrons. The van der Waals surface area contributed by atoms with Crippen molar-refractivity contribution in [2.75, 3.05) is 13.1 Å². The molecule has 22 heavy (non-hydrogen) atoms. The van der Waals surface area contributed by atoms with Crippen molar-refractivity contribution in [3.63, 3.8) is 0 Å². The summed E-state index contributed by atoms with van der Waals surface area (Å²) < 4.78 is 1.68. The summed E-state index contributed by atoms with van der Waals surface area (Å²) in [5.41, 5.74) is 1.73. The number of carbonyl (C=O) groups is 1. The lowest BCUT2D eigenvalue weighted by Gasteiger charge is -2.32. The monoisotopic (exact) mass is 299 g/mol. The first kappa shape index (κ1) is 13.7. The smallest absolute Gasteiger partial charge is 0.242 e. The molecule has 0 aliphatic carbocycles. The fraction of sp³-hybridized carbons (Fsp3) is 0.562. The highest BCUT2D eigenvalue weighted by atomic mass is 16.2. The van der Waals surface area contributed by atoms with Crippen LogP contribution in [0.5, 0.6) is 0 Å². The summed E-state index contributed by atoms with van der Waals surface area (Å²) in [7, 11) is 0. The summed E-state index contributed by atoms with van der Waals surface area (Å²) in [5, 5.41) is 11.4. The van der Waals surface area contributed by atoms with E-state index in [9.17, 15) is 4.79 Å². The third-order valence-corrected chi connectivity index (χ3v) is 4.92. The molecule has 0 spiro atoms. The zero-order valence-electron chi connectivity index (χ0n) is 12.6. The van der Waals surface area contributed by atoms with Crippen LogP contribution in [-0.4, -0.2) is 51.0 Å². The predicted octanol–water partition coefficient (Wildman–Crippen LogP) is 1.17. The first-order valence-corrected chi connectivity index (χ1v) is 8.13. The number of nitrogens with zero attached hydrogens (tertiary/aromatic N) is 4. The predicted molar refractivity (Wildman–Crippen MR) is 83.3 cm³/mol. The molecule has 1 amide bonds. The minimum atomic E-state index is 0.0353. The van der Waals surface area contributed by atoms with E-state index >= 15 is 0 Å². The van der Waals surface area contributed by atoms with E-state index in [1.165, 1.54) is 25.8 Å². The Labute approximate surface area is 129 Å². The quantitative estimate of drug-likeness (QED) is 0.924. The average molecular weight is 299 g/mol. The number of hydrogen-bond donors (Lipinski definition) is 1. The highest BCUT2D eigenvalue weighted by Gasteiger charge is 2.36. The van der Waals surface area contributed by atoms with E-state index in [0.717, 1.165) is 24.0 Å². The average Bonchev–Trinajstić information content (AvgIpc) is 3.13. The number of fused-ring (bicyclic) bond motifs is 2. The summed E-state index contributed by atoms with van der Waals surface area (Å²) in [6, 6.07) is 8.55. The van der Waals surface area contributed by atoms with E-state index in [2.05, 4.69) is 20.5 Å². The van der Waals surface area contributed by atoms with E-state index in [0.29, 0.717) is 12.1 Å². The van der Waals surface area contributed by atoms with E-state index in [1.807, 2.05) is 24.3 Å². The highest BCUT2D eigenvalue weighted by Crippen LogP contribution is 2.27. The molecule has 0 bridgehead atoms. The largest absolute Gasteiger partial charge is 0.350 e. The van der Waals surface area contributed by atoms with Crippen LogP contribution in [0.4, 0.5) is 0 Å². The van der Waals surface area contributed by atoms with Gasteiger partial charge in [0.05, 0.1) is 5.52 Å². The zero-order valence-corrected chi connectivity index (χ0v) is 12.6. The van der Waals surface area contributed by atoms with Gasteiger partial charge < -0.3 is 5.32 Å². The van der Waals surface area contributed by atoms with Crippen molar-refractivity contribution in [2.45, 2.75) is 44.3 Å². The number of carbonyl (C=O) groups excluding carboxylic acids is 1. The van der Waals surface area contributed by atoms with Gasteiger partial charge in [-0.3, -0.25) is 9.69 Å². The molecule has 1 aromatic heterocycles. The minimum absolute atomic E-state index is 0.0353. The van der Waals surface area contributed by atoms with Crippen LogP contribution in [0.25, 0.3) is 11.0 Å². The topological polar surface area (TPSA) is 63.1 Å². The number of aromatic nitrogens is 3. The molecule has 6 heteroatoms. The second-order valence-electron chi connectivity index (χ2n) is 6.30. The molecule has 2 aromatic rings. The summed E-state index contributed by atoms with van der Waals surface area (Å²) in [5.74, 6) is 0.0353. The van der Waals surface area contributed by atoms with Crippen molar-refractivity contribution in [1.29, 1.82) is 0 Å². The summed E-state index contributed by atoms with van der Waals surface area (Å²) in [6.07, 6.45) is 4.84. The minimum Gasteiger partial charge on any atom is -0.350 e. The number of rotatable bonds is 3. The Morgan fingerprint density at radius 1 is 1.23 bits per heavy atom. The van der Waals surface area contributed by atoms with E-state index in [4.69, 9.17) is 0 Å². The molecule has 1 aromatic carbocycles. The Bertz CT molecular complexity index is 682. The van der Waals surface area contributed by atoms with Gasteiger partial charge >= 0.3 is 0 Å². The van der Waals surface area contributed by atoms with Gasteiger partial charge in [0.25, 0.3) is 0 Å². The SMILES string of the molecule is O=C(Cn1nnc2ccccc21)N[C@@H]1CCN2CCCC[C@H]12. The number of benzene rings is 1. The molecule has 2 atom stereocenters. The number of piperidine rings is 1. The summed E-state index contributed by atoms with van der Waals surface area (Å²) in [4.78, 5) is 14.9. The third kappa shape index (κ3) is 2.47. The van der Waals surface area contributed by atoms with Crippen molar-refractivity contribution in [3.05, 3.63) is 24.3 Å². The summed E-state index contributed by atoms with van der Waals surface area (Å²) in [6.45, 7) is 2.54. The van der Waals surface area contributed by atoms with Crippen molar-refractivity contribution in [3.8, 4) is 0 Å². The van der Waals surface area contributed by atoms with Crippen molar-refractivity contribution < 1.29 is 4.79 Å². The lowest BCUT2D eigenvalue weighted by atomic mass is 9.99. The fourth-order valence-electron chi connectivity index (χ4n) is 3.84. The molecule has 0 saturated carbocycles. The van der Waals surface area contributed by atoms with Crippen molar-refractivity contribution in [1.82, 2.24) is 25.2 Å². The van der Waals surface area contributed by atoms with Gasteiger partial charge in [-0.1, -0.05) is 23.8 Å². The van der Waals surface area contributed by atoms with Gasteiger partial charge in [-0.15, -0.1) is 5.10 Å². The van der Waals surface area contributed by atoms with Gasteiger partial charge in [0.15, 0.2) is 0 Å². The fourth-order valence-corrected chi connectivity index (χ4v) is 3.84. The van der Waals surface area contributed by atoms with Crippen LogP contribution in [0.3, 0.4) is 0 Å². The lowest BCUT2D eigenvalue weighted by molar-refractivity contribution is -0.122. The number of para-hydroxylation sites is 1.